The summed E-state index contributed by atoms with van der Waals surface area (Å²) in [6.45, 7) is 10.7. The lowest BCUT2D eigenvalue weighted by Crippen LogP contribution is -2.26. The maximum Gasteiger partial charge on any atom is 1.20 e. The summed E-state index contributed by atoms with van der Waals surface area (Å²) in [5.41, 5.74) is 0. The first-order valence-corrected chi connectivity index (χ1v) is 11.3. The summed E-state index contributed by atoms with van der Waals surface area (Å²) < 4.78 is 17.2. The van der Waals surface area contributed by atoms with Gasteiger partial charge in [-0.3, -0.25) is 14.4 Å². The summed E-state index contributed by atoms with van der Waals surface area (Å²) in [6.07, 6.45) is 7.80. The first-order valence-electron chi connectivity index (χ1n) is 9.85. The molecule has 0 saturated heterocycles. The average molecular weight is 408 g/mol. The smallest absolute Gasteiger partial charge is 0.580 e. The highest BCUT2D eigenvalue weighted by molar-refractivity contribution is 6.37. The van der Waals surface area contributed by atoms with E-state index in [9.17, 15) is 14.4 Å². The molecule has 6 nitrogen and oxygen atoms in total. The summed E-state index contributed by atoms with van der Waals surface area (Å²) >= 11 is -2.81. The number of carbonyl (C=O) groups excluding carboxylic acids is 3. The first kappa shape index (κ1) is 26.2. The van der Waals surface area contributed by atoms with Crippen molar-refractivity contribution in [1.82, 2.24) is 0 Å². The van der Waals surface area contributed by atoms with E-state index < -0.39 is 15.1 Å². The molecule has 0 amide bonds. The summed E-state index contributed by atoms with van der Waals surface area (Å²) in [5.74, 6) is 1.04. The second-order valence-corrected chi connectivity index (χ2v) is 7.84. The highest BCUT2D eigenvalue weighted by Gasteiger charge is 2.44. The van der Waals surface area contributed by atoms with Crippen molar-refractivity contribution in [3.63, 3.8) is 0 Å². The summed E-state index contributed by atoms with van der Waals surface area (Å²) in [4.78, 5) is 35.3. The molecule has 0 aliphatic rings. The van der Waals surface area contributed by atoms with Crippen LogP contribution in [0.4, 0.5) is 0 Å². The van der Waals surface area contributed by atoms with Gasteiger partial charge in [0.15, 0.2) is 17.3 Å². The predicted octanol–water partition coefficient (Wildman–Crippen LogP) is 4.84. The maximum atomic E-state index is 11.8. The first-order chi connectivity index (χ1) is 13.2. The van der Waals surface area contributed by atoms with Crippen molar-refractivity contribution in [3.8, 4) is 0 Å². The normalized spacial score (nSPS) is 12.4. The molecule has 0 radical (unpaired) electrons. The zero-order valence-corrected chi connectivity index (χ0v) is 19.2. The Morgan fingerprint density at radius 3 is 1.07 bits per heavy atom. The second-order valence-electron chi connectivity index (χ2n) is 6.56. The van der Waals surface area contributed by atoms with E-state index in [0.717, 1.165) is 19.3 Å². The standard InChI is InChI=1S/3C7H12O2.Al/c3*1-3-4-7(9)5-6(2)8;/h3*5,8H,3-4H2,1-2H3;/q;;;+3/p-3/b6-5+;2*6-5-;. The van der Waals surface area contributed by atoms with Crippen molar-refractivity contribution >= 4 is 32.5 Å². The minimum atomic E-state index is -2.81. The average Bonchev–Trinajstić information content (AvgIpc) is 2.54. The highest BCUT2D eigenvalue weighted by Crippen LogP contribution is 2.12. The largest absolute Gasteiger partial charge is 1.20 e. The summed E-state index contributed by atoms with van der Waals surface area (Å²) in [6, 6.07) is 0. The molecule has 0 atom stereocenters. The lowest BCUT2D eigenvalue weighted by Gasteiger charge is -2.17. The minimum absolute atomic E-state index is 0.0384. The number of hydrogen-bond donors (Lipinski definition) is 0. The Kier molecular flexibility index (Phi) is 14.1. The van der Waals surface area contributed by atoms with Gasteiger partial charge in [-0.05, 0) is 40.0 Å². The lowest BCUT2D eigenvalue weighted by atomic mass is 10.2. The SMILES string of the molecule is CCCC(=O)/C=C(/C)[O][Al]([O]/C(C)=C\C(=O)CCC)[O]/C(C)=C/C(=O)CCC. The Morgan fingerprint density at radius 2 is 0.857 bits per heavy atom. The monoisotopic (exact) mass is 408 g/mol. The highest BCUT2D eigenvalue weighted by atomic mass is 27.3. The van der Waals surface area contributed by atoms with Gasteiger partial charge in [-0.2, -0.15) is 0 Å². The van der Waals surface area contributed by atoms with Crippen LogP contribution in [0.3, 0.4) is 0 Å². The third-order valence-electron chi connectivity index (χ3n) is 3.43. The molecule has 0 fully saturated rings. The van der Waals surface area contributed by atoms with Gasteiger partial charge >= 0.3 is 15.1 Å². The van der Waals surface area contributed by atoms with Gasteiger partial charge in [0.25, 0.3) is 0 Å². The Balaban J connectivity index is 5.27. The third-order valence-corrected chi connectivity index (χ3v) is 5.12. The van der Waals surface area contributed by atoms with Gasteiger partial charge < -0.3 is 11.4 Å². The van der Waals surface area contributed by atoms with Gasteiger partial charge in [0, 0.05) is 37.5 Å². The van der Waals surface area contributed by atoms with E-state index in [4.69, 9.17) is 11.4 Å². The van der Waals surface area contributed by atoms with Crippen LogP contribution >= 0.6 is 0 Å². The van der Waals surface area contributed by atoms with Crippen LogP contribution in [0.25, 0.3) is 0 Å². The van der Waals surface area contributed by atoms with Crippen LogP contribution < -0.4 is 0 Å². The van der Waals surface area contributed by atoms with Crippen molar-refractivity contribution in [2.75, 3.05) is 0 Å². The zero-order chi connectivity index (χ0) is 21.5. The fraction of sp³-hybridized carbons (Fsp3) is 0.571. The Morgan fingerprint density at radius 1 is 0.607 bits per heavy atom. The van der Waals surface area contributed by atoms with Gasteiger partial charge in [-0.1, -0.05) is 20.8 Å². The van der Waals surface area contributed by atoms with Crippen LogP contribution in [-0.2, 0) is 25.7 Å². The maximum absolute atomic E-state index is 11.8. The number of ketones is 3. The molecule has 0 heterocycles. The molecule has 0 aromatic heterocycles. The molecule has 0 rings (SSSR count). The summed E-state index contributed by atoms with van der Waals surface area (Å²) in [5, 5.41) is 0. The van der Waals surface area contributed by atoms with E-state index in [1.807, 2.05) is 20.8 Å². The van der Waals surface area contributed by atoms with Gasteiger partial charge in [0.2, 0.25) is 0 Å². The van der Waals surface area contributed by atoms with Crippen molar-refractivity contribution in [1.29, 1.82) is 0 Å². The van der Waals surface area contributed by atoms with Crippen LogP contribution in [0.2, 0.25) is 0 Å². The molecule has 0 aliphatic heterocycles. The van der Waals surface area contributed by atoms with Crippen LogP contribution in [0.5, 0.6) is 0 Å². The van der Waals surface area contributed by atoms with Crippen LogP contribution in [-0.4, -0.2) is 32.5 Å². The number of carbonyl (C=O) groups is 3. The van der Waals surface area contributed by atoms with E-state index in [2.05, 4.69) is 0 Å². The Bertz CT molecular complexity index is 533. The number of allylic oxidation sites excluding steroid dienone is 6. The molecule has 156 valence electrons. The predicted molar refractivity (Wildman–Crippen MR) is 110 cm³/mol. The lowest BCUT2D eigenvalue weighted by molar-refractivity contribution is -0.115. The van der Waals surface area contributed by atoms with Crippen LogP contribution in [0, 0.1) is 0 Å². The Hall–Kier alpha value is -1.84. The second kappa shape index (κ2) is 15.1. The van der Waals surface area contributed by atoms with Crippen LogP contribution in [0.15, 0.2) is 35.5 Å². The van der Waals surface area contributed by atoms with Gasteiger partial charge in [0.05, 0.1) is 17.3 Å². The fourth-order valence-corrected chi connectivity index (χ4v) is 3.52. The van der Waals surface area contributed by atoms with Gasteiger partial charge in [-0.15, -0.1) is 0 Å². The molecule has 0 N–H and O–H groups in total. The molecule has 0 aromatic rings. The molecular formula is C21H33AlO6. The van der Waals surface area contributed by atoms with Crippen LogP contribution in [0.1, 0.15) is 80.1 Å². The fourth-order valence-electron chi connectivity index (χ4n) is 2.27. The molecule has 0 aliphatic carbocycles. The number of rotatable bonds is 15. The van der Waals surface area contributed by atoms with E-state index in [0.29, 0.717) is 36.5 Å². The molecule has 28 heavy (non-hydrogen) atoms. The van der Waals surface area contributed by atoms with Crippen molar-refractivity contribution in [2.45, 2.75) is 80.1 Å². The van der Waals surface area contributed by atoms with E-state index in [1.165, 1.54) is 18.2 Å². The molecule has 7 heteroatoms. The zero-order valence-electron chi connectivity index (χ0n) is 18.0. The molecule has 0 saturated carbocycles. The molecule has 0 spiro atoms. The van der Waals surface area contributed by atoms with Crippen molar-refractivity contribution in [2.24, 2.45) is 0 Å². The van der Waals surface area contributed by atoms with Gasteiger partial charge in [0.1, 0.15) is 0 Å². The molecule has 0 aromatic carbocycles. The quantitative estimate of drug-likeness (QED) is 0.219. The molecule has 0 bridgehead atoms. The van der Waals surface area contributed by atoms with Gasteiger partial charge in [-0.25, -0.2) is 0 Å². The molecular weight excluding hydrogens is 375 g/mol. The third kappa shape index (κ3) is 13.3. The van der Waals surface area contributed by atoms with Crippen molar-refractivity contribution in [3.05, 3.63) is 35.5 Å². The topological polar surface area (TPSA) is 78.9 Å². The van der Waals surface area contributed by atoms with E-state index in [-0.39, 0.29) is 17.3 Å². The minimum Gasteiger partial charge on any atom is -0.580 e. The molecule has 0 unspecified atom stereocenters. The summed E-state index contributed by atoms with van der Waals surface area (Å²) in [7, 11) is 0. The van der Waals surface area contributed by atoms with E-state index in [1.54, 1.807) is 20.8 Å². The Labute approximate surface area is 174 Å². The van der Waals surface area contributed by atoms with E-state index >= 15 is 0 Å². The van der Waals surface area contributed by atoms with Crippen molar-refractivity contribution < 1.29 is 25.7 Å². The number of hydrogen-bond acceptors (Lipinski definition) is 6.